The fourth-order valence-electron chi connectivity index (χ4n) is 2.99. The first-order chi connectivity index (χ1) is 13.6. The van der Waals surface area contributed by atoms with Crippen molar-refractivity contribution >= 4 is 29.0 Å². The van der Waals surface area contributed by atoms with Gasteiger partial charge < -0.3 is 19.8 Å². The molecule has 0 atom stereocenters. The molecule has 0 aliphatic rings. The second-order valence-electron chi connectivity index (χ2n) is 6.40. The monoisotopic (exact) mass is 403 g/mol. The van der Waals surface area contributed by atoms with Gasteiger partial charge >= 0.3 is 11.7 Å². The Balaban J connectivity index is 2.09. The maximum Gasteiger partial charge on any atom is 0.355 e. The Morgan fingerprint density at radius 1 is 1.21 bits per heavy atom. The van der Waals surface area contributed by atoms with E-state index in [1.165, 1.54) is 26.2 Å². The van der Waals surface area contributed by atoms with E-state index < -0.39 is 23.4 Å². The van der Waals surface area contributed by atoms with Gasteiger partial charge in [-0.1, -0.05) is 0 Å². The predicted octanol–water partition coefficient (Wildman–Crippen LogP) is 2.85. The van der Waals surface area contributed by atoms with Crippen molar-refractivity contribution in [3.8, 4) is 5.75 Å². The summed E-state index contributed by atoms with van der Waals surface area (Å²) in [4.78, 5) is 49.3. The molecule has 29 heavy (non-hydrogen) atoms. The van der Waals surface area contributed by atoms with E-state index in [0.717, 1.165) is 0 Å². The van der Waals surface area contributed by atoms with E-state index in [1.54, 1.807) is 20.8 Å². The number of amides is 1. The molecular formula is C19H21N3O7. The minimum absolute atomic E-state index is 0.0119. The number of aryl methyl sites for hydroxylation is 2. The summed E-state index contributed by atoms with van der Waals surface area (Å²) in [6.07, 6.45) is 0. The van der Waals surface area contributed by atoms with E-state index in [0.29, 0.717) is 28.1 Å². The zero-order chi connectivity index (χ0) is 21.9. The summed E-state index contributed by atoms with van der Waals surface area (Å²) in [6.45, 7) is 5.68. The number of aromatic nitrogens is 1. The van der Waals surface area contributed by atoms with Gasteiger partial charge in [0.2, 0.25) is 0 Å². The van der Waals surface area contributed by atoms with E-state index in [4.69, 9.17) is 9.47 Å². The lowest BCUT2D eigenvalue weighted by Crippen LogP contribution is -2.22. The molecule has 10 heteroatoms. The van der Waals surface area contributed by atoms with Crippen molar-refractivity contribution in [1.82, 2.24) is 4.98 Å². The molecule has 1 aromatic heterocycles. The van der Waals surface area contributed by atoms with Gasteiger partial charge in [0.05, 0.1) is 12.0 Å². The zero-order valence-corrected chi connectivity index (χ0v) is 16.7. The van der Waals surface area contributed by atoms with Gasteiger partial charge in [0.1, 0.15) is 5.69 Å². The number of ether oxygens (including phenoxy) is 2. The smallest absolute Gasteiger partial charge is 0.355 e. The molecule has 2 rings (SSSR count). The van der Waals surface area contributed by atoms with E-state index in [9.17, 15) is 24.5 Å². The molecule has 1 heterocycles. The molecule has 154 valence electrons. The van der Waals surface area contributed by atoms with Crippen molar-refractivity contribution < 1.29 is 28.8 Å². The van der Waals surface area contributed by atoms with Crippen LogP contribution in [0.3, 0.4) is 0 Å². The average molecular weight is 403 g/mol. The highest BCUT2D eigenvalue weighted by atomic mass is 16.6. The Kier molecular flexibility index (Phi) is 6.37. The molecule has 0 bridgehead atoms. The van der Waals surface area contributed by atoms with Gasteiger partial charge in [-0.15, -0.1) is 0 Å². The molecule has 2 aromatic rings. The topological polar surface area (TPSA) is 141 Å². The van der Waals surface area contributed by atoms with Gasteiger partial charge in [-0.2, -0.15) is 0 Å². The Morgan fingerprint density at radius 2 is 1.86 bits per heavy atom. The molecule has 0 spiro atoms. The van der Waals surface area contributed by atoms with Gasteiger partial charge in [0.15, 0.2) is 18.1 Å². The Hall–Kier alpha value is -3.69. The van der Waals surface area contributed by atoms with E-state index in [1.807, 2.05) is 0 Å². The molecule has 0 unspecified atom stereocenters. The normalized spacial score (nSPS) is 10.4. The summed E-state index contributed by atoms with van der Waals surface area (Å²) in [5.41, 5.74) is 2.02. The van der Waals surface area contributed by atoms with Crippen LogP contribution in [0.25, 0.3) is 0 Å². The number of Topliss-reactive ketones (excluding diaryl/α,β-unsaturated/α-hetero) is 1. The average Bonchev–Trinajstić information content (AvgIpc) is 2.95. The maximum absolute atomic E-state index is 12.3. The molecule has 0 aliphatic carbocycles. The van der Waals surface area contributed by atoms with Gasteiger partial charge in [0.25, 0.3) is 5.91 Å². The highest BCUT2D eigenvalue weighted by Crippen LogP contribution is 2.32. The number of carbonyl (C=O) groups is 3. The lowest BCUT2D eigenvalue weighted by Gasteiger charge is -2.11. The van der Waals surface area contributed by atoms with Crippen LogP contribution in [-0.4, -0.2) is 41.3 Å². The molecule has 10 nitrogen and oxygen atoms in total. The Morgan fingerprint density at radius 3 is 2.38 bits per heavy atom. The summed E-state index contributed by atoms with van der Waals surface area (Å²) in [7, 11) is 1.28. The first-order valence-electron chi connectivity index (χ1n) is 8.56. The van der Waals surface area contributed by atoms with Crippen molar-refractivity contribution in [1.29, 1.82) is 0 Å². The fourth-order valence-corrected chi connectivity index (χ4v) is 2.99. The SMILES string of the molecule is COc1cc(NC(=O)COC(=O)c2[nH]c(C)c(C(C)=O)c2C)c(C)cc1[N+](=O)[O-]. The van der Waals surface area contributed by atoms with Gasteiger partial charge in [-0.25, -0.2) is 4.79 Å². The minimum Gasteiger partial charge on any atom is -0.490 e. The highest BCUT2D eigenvalue weighted by Gasteiger charge is 2.22. The van der Waals surface area contributed by atoms with Crippen LogP contribution in [0.15, 0.2) is 12.1 Å². The van der Waals surface area contributed by atoms with E-state index >= 15 is 0 Å². The molecule has 2 N–H and O–H groups in total. The van der Waals surface area contributed by atoms with Gasteiger partial charge in [0, 0.05) is 29.1 Å². The number of benzene rings is 1. The number of nitrogens with zero attached hydrogens (tertiary/aromatic N) is 1. The maximum atomic E-state index is 12.3. The van der Waals surface area contributed by atoms with Crippen molar-refractivity contribution in [2.24, 2.45) is 0 Å². The summed E-state index contributed by atoms with van der Waals surface area (Å²) < 4.78 is 9.99. The third kappa shape index (κ3) is 4.60. The first-order valence-corrected chi connectivity index (χ1v) is 8.56. The van der Waals surface area contributed by atoms with E-state index in [-0.39, 0.29) is 22.9 Å². The third-order valence-electron chi connectivity index (χ3n) is 4.32. The van der Waals surface area contributed by atoms with Crippen LogP contribution in [-0.2, 0) is 9.53 Å². The number of hydrogen-bond acceptors (Lipinski definition) is 7. The van der Waals surface area contributed by atoms with Gasteiger partial charge in [-0.3, -0.25) is 19.7 Å². The molecule has 0 saturated carbocycles. The number of H-pyrrole nitrogens is 1. The largest absolute Gasteiger partial charge is 0.490 e. The number of nitrogens with one attached hydrogen (secondary N) is 2. The number of hydrogen-bond donors (Lipinski definition) is 2. The number of nitro groups is 1. The molecule has 1 amide bonds. The summed E-state index contributed by atoms with van der Waals surface area (Å²) in [5, 5.41) is 13.6. The number of nitro benzene ring substituents is 1. The van der Waals surface area contributed by atoms with Crippen LogP contribution in [0.5, 0.6) is 5.75 Å². The number of carbonyl (C=O) groups excluding carboxylic acids is 3. The second kappa shape index (κ2) is 8.55. The summed E-state index contributed by atoms with van der Waals surface area (Å²) in [5.74, 6) is -1.60. The van der Waals surface area contributed by atoms with Gasteiger partial charge in [-0.05, 0) is 38.8 Å². The standard InChI is InChI=1S/C19H21N3O7/c1-9-6-14(22(26)27)15(28-5)7-13(9)21-16(24)8-29-19(25)18-10(2)17(12(4)23)11(3)20-18/h6-7,20H,8H2,1-5H3,(H,21,24). The van der Waals surface area contributed by atoms with Crippen LogP contribution in [0.1, 0.15) is 44.6 Å². The molecule has 0 saturated heterocycles. The fraction of sp³-hybridized carbons (Fsp3) is 0.316. The summed E-state index contributed by atoms with van der Waals surface area (Å²) in [6, 6.07) is 2.60. The lowest BCUT2D eigenvalue weighted by molar-refractivity contribution is -0.385. The molecule has 0 radical (unpaired) electrons. The molecule has 1 aromatic carbocycles. The van der Waals surface area contributed by atoms with Crippen LogP contribution in [0, 0.1) is 30.9 Å². The number of rotatable bonds is 7. The number of anilines is 1. The third-order valence-corrected chi connectivity index (χ3v) is 4.32. The summed E-state index contributed by atoms with van der Waals surface area (Å²) >= 11 is 0. The second-order valence-corrected chi connectivity index (χ2v) is 6.40. The van der Waals surface area contributed by atoms with Crippen LogP contribution < -0.4 is 10.1 Å². The quantitative estimate of drug-likeness (QED) is 0.313. The lowest BCUT2D eigenvalue weighted by atomic mass is 10.1. The van der Waals surface area contributed by atoms with Crippen molar-refractivity contribution in [2.75, 3.05) is 19.0 Å². The Labute approximate surface area is 166 Å². The highest BCUT2D eigenvalue weighted by molar-refractivity contribution is 6.02. The number of ketones is 1. The zero-order valence-electron chi connectivity index (χ0n) is 16.7. The molecule has 0 aliphatic heterocycles. The number of methoxy groups -OCH3 is 1. The minimum atomic E-state index is -0.772. The number of esters is 1. The van der Waals surface area contributed by atoms with Crippen LogP contribution in [0.4, 0.5) is 11.4 Å². The van der Waals surface area contributed by atoms with Crippen LogP contribution >= 0.6 is 0 Å². The van der Waals surface area contributed by atoms with Crippen molar-refractivity contribution in [3.05, 3.63) is 50.3 Å². The number of aromatic amines is 1. The van der Waals surface area contributed by atoms with Crippen molar-refractivity contribution in [2.45, 2.75) is 27.7 Å². The van der Waals surface area contributed by atoms with E-state index in [2.05, 4.69) is 10.3 Å². The first kappa shape index (κ1) is 21.6. The molecular weight excluding hydrogens is 382 g/mol. The molecule has 0 fully saturated rings. The Bertz CT molecular complexity index is 1010. The predicted molar refractivity (Wildman–Crippen MR) is 104 cm³/mol. The van der Waals surface area contributed by atoms with Crippen molar-refractivity contribution in [3.63, 3.8) is 0 Å². The van der Waals surface area contributed by atoms with Crippen LogP contribution in [0.2, 0.25) is 0 Å².